The Kier molecular flexibility index (Phi) is 5.75. The van der Waals surface area contributed by atoms with Crippen molar-refractivity contribution in [1.82, 2.24) is 15.2 Å². The predicted molar refractivity (Wildman–Crippen MR) is 92.2 cm³/mol. The molecule has 122 valence electrons. The molecule has 4 nitrogen and oxygen atoms in total. The largest absolute Gasteiger partial charge is 0.387 e. The molecule has 0 spiro atoms. The quantitative estimate of drug-likeness (QED) is 0.821. The molecule has 0 amide bonds. The minimum absolute atomic E-state index is 0.462. The molecule has 1 aromatic carbocycles. The predicted octanol–water partition coefficient (Wildman–Crippen LogP) is 2.02. The number of rotatable bonds is 7. The van der Waals surface area contributed by atoms with Gasteiger partial charge >= 0.3 is 0 Å². The van der Waals surface area contributed by atoms with Gasteiger partial charge in [0.2, 0.25) is 0 Å². The first-order valence-corrected chi connectivity index (χ1v) is 8.39. The monoisotopic (exact) mass is 311 g/mol. The van der Waals surface area contributed by atoms with Gasteiger partial charge in [-0.15, -0.1) is 0 Å². The Morgan fingerprint density at radius 3 is 2.74 bits per heavy atom. The van der Waals surface area contributed by atoms with E-state index in [1.165, 1.54) is 5.56 Å². The number of aromatic nitrogens is 1. The van der Waals surface area contributed by atoms with E-state index in [1.54, 1.807) is 12.4 Å². The van der Waals surface area contributed by atoms with E-state index >= 15 is 0 Å². The summed E-state index contributed by atoms with van der Waals surface area (Å²) in [6, 6.07) is 14.9. The van der Waals surface area contributed by atoms with Gasteiger partial charge in [0.25, 0.3) is 0 Å². The summed E-state index contributed by atoms with van der Waals surface area (Å²) in [4.78, 5) is 6.49. The van der Waals surface area contributed by atoms with Crippen molar-refractivity contribution < 1.29 is 5.11 Å². The standard InChI is InChI=1S/C19H25N3O/c23-19(17-6-10-20-11-7-17)14-21-18-9-13-22(15-18)12-8-16-4-2-1-3-5-16/h1-7,10-11,18-19,21,23H,8-9,12-15H2. The van der Waals surface area contributed by atoms with Crippen molar-refractivity contribution in [2.24, 2.45) is 0 Å². The highest BCUT2D eigenvalue weighted by atomic mass is 16.3. The molecule has 0 radical (unpaired) electrons. The Balaban J connectivity index is 1.38. The second-order valence-corrected chi connectivity index (χ2v) is 6.23. The van der Waals surface area contributed by atoms with Gasteiger partial charge in [-0.3, -0.25) is 4.98 Å². The molecule has 0 bridgehead atoms. The number of aliphatic hydroxyl groups excluding tert-OH is 1. The number of hydrogen-bond acceptors (Lipinski definition) is 4. The van der Waals surface area contributed by atoms with Crippen molar-refractivity contribution in [1.29, 1.82) is 0 Å². The van der Waals surface area contributed by atoms with Gasteiger partial charge in [-0.25, -0.2) is 0 Å². The third-order valence-corrected chi connectivity index (χ3v) is 4.52. The number of nitrogens with zero attached hydrogens (tertiary/aromatic N) is 2. The highest BCUT2D eigenvalue weighted by molar-refractivity contribution is 5.15. The lowest BCUT2D eigenvalue weighted by molar-refractivity contribution is 0.169. The van der Waals surface area contributed by atoms with Crippen LogP contribution in [0.5, 0.6) is 0 Å². The summed E-state index contributed by atoms with van der Waals surface area (Å²) >= 11 is 0. The number of aliphatic hydroxyl groups is 1. The summed E-state index contributed by atoms with van der Waals surface area (Å²) in [6.45, 7) is 3.90. The van der Waals surface area contributed by atoms with Gasteiger partial charge < -0.3 is 15.3 Å². The summed E-state index contributed by atoms with van der Waals surface area (Å²) in [5.74, 6) is 0. The Labute approximate surface area is 138 Å². The second kappa shape index (κ2) is 8.20. The lowest BCUT2D eigenvalue weighted by Crippen LogP contribution is -2.35. The minimum atomic E-state index is -0.462. The van der Waals surface area contributed by atoms with Crippen molar-refractivity contribution in [3.63, 3.8) is 0 Å². The fraction of sp³-hybridized carbons (Fsp3) is 0.421. The fourth-order valence-corrected chi connectivity index (χ4v) is 3.12. The Morgan fingerprint density at radius 1 is 1.17 bits per heavy atom. The SMILES string of the molecule is OC(CNC1CCN(CCc2ccccc2)C1)c1ccncc1. The summed E-state index contributed by atoms with van der Waals surface area (Å²) in [7, 11) is 0. The number of pyridine rings is 1. The molecule has 2 aromatic rings. The van der Waals surface area contributed by atoms with Crippen LogP contribution >= 0.6 is 0 Å². The zero-order valence-electron chi connectivity index (χ0n) is 13.4. The Morgan fingerprint density at radius 2 is 1.96 bits per heavy atom. The van der Waals surface area contributed by atoms with E-state index in [1.807, 2.05) is 12.1 Å². The fourth-order valence-electron chi connectivity index (χ4n) is 3.12. The van der Waals surface area contributed by atoms with Crippen LogP contribution < -0.4 is 5.32 Å². The van der Waals surface area contributed by atoms with E-state index < -0.39 is 6.10 Å². The highest BCUT2D eigenvalue weighted by Crippen LogP contribution is 2.14. The van der Waals surface area contributed by atoms with Gasteiger partial charge in [-0.05, 0) is 42.6 Å². The molecule has 2 atom stereocenters. The molecule has 1 aliphatic rings. The van der Waals surface area contributed by atoms with Gasteiger partial charge in [0.1, 0.15) is 0 Å². The molecule has 23 heavy (non-hydrogen) atoms. The molecule has 1 aromatic heterocycles. The molecular formula is C19H25N3O. The van der Waals surface area contributed by atoms with Crippen LogP contribution in [0.1, 0.15) is 23.7 Å². The van der Waals surface area contributed by atoms with Gasteiger partial charge in [-0.2, -0.15) is 0 Å². The summed E-state index contributed by atoms with van der Waals surface area (Å²) in [5.41, 5.74) is 2.32. The summed E-state index contributed by atoms with van der Waals surface area (Å²) in [5, 5.41) is 13.7. The number of benzene rings is 1. The Hall–Kier alpha value is -1.75. The molecule has 1 saturated heterocycles. The number of nitrogens with one attached hydrogen (secondary N) is 1. The molecule has 0 saturated carbocycles. The van der Waals surface area contributed by atoms with Gasteiger partial charge in [-0.1, -0.05) is 30.3 Å². The van der Waals surface area contributed by atoms with Gasteiger partial charge in [0.05, 0.1) is 6.10 Å². The maximum Gasteiger partial charge on any atom is 0.0915 e. The lowest BCUT2D eigenvalue weighted by atomic mass is 10.1. The molecule has 4 heteroatoms. The van der Waals surface area contributed by atoms with Crippen LogP contribution in [0.25, 0.3) is 0 Å². The van der Waals surface area contributed by atoms with Crippen molar-refractivity contribution in [2.75, 3.05) is 26.2 Å². The molecule has 3 rings (SSSR count). The van der Waals surface area contributed by atoms with Crippen LogP contribution in [0.2, 0.25) is 0 Å². The van der Waals surface area contributed by atoms with Crippen molar-refractivity contribution in [2.45, 2.75) is 25.0 Å². The van der Waals surface area contributed by atoms with E-state index in [2.05, 4.69) is 45.5 Å². The molecule has 0 aliphatic carbocycles. The first-order chi connectivity index (χ1) is 11.3. The van der Waals surface area contributed by atoms with E-state index in [4.69, 9.17) is 0 Å². The molecule has 2 N–H and O–H groups in total. The topological polar surface area (TPSA) is 48.4 Å². The third-order valence-electron chi connectivity index (χ3n) is 4.52. The van der Waals surface area contributed by atoms with Crippen LogP contribution in [-0.2, 0) is 6.42 Å². The van der Waals surface area contributed by atoms with Crippen LogP contribution in [0.4, 0.5) is 0 Å². The van der Waals surface area contributed by atoms with E-state index in [9.17, 15) is 5.11 Å². The summed E-state index contributed by atoms with van der Waals surface area (Å²) < 4.78 is 0. The van der Waals surface area contributed by atoms with Crippen molar-refractivity contribution in [3.8, 4) is 0 Å². The maximum atomic E-state index is 10.2. The van der Waals surface area contributed by atoms with Crippen molar-refractivity contribution in [3.05, 3.63) is 66.0 Å². The highest BCUT2D eigenvalue weighted by Gasteiger charge is 2.22. The number of hydrogen-bond donors (Lipinski definition) is 2. The van der Waals surface area contributed by atoms with Crippen LogP contribution in [0, 0.1) is 0 Å². The lowest BCUT2D eigenvalue weighted by Gasteiger charge is -2.18. The van der Waals surface area contributed by atoms with Crippen LogP contribution in [0.15, 0.2) is 54.9 Å². The zero-order valence-corrected chi connectivity index (χ0v) is 13.4. The van der Waals surface area contributed by atoms with Gasteiger partial charge in [0.15, 0.2) is 0 Å². The smallest absolute Gasteiger partial charge is 0.0915 e. The molecule has 1 aliphatic heterocycles. The van der Waals surface area contributed by atoms with E-state index in [-0.39, 0.29) is 0 Å². The second-order valence-electron chi connectivity index (χ2n) is 6.23. The van der Waals surface area contributed by atoms with E-state index in [0.29, 0.717) is 12.6 Å². The summed E-state index contributed by atoms with van der Waals surface area (Å²) in [6.07, 6.45) is 5.24. The maximum absolute atomic E-state index is 10.2. The molecule has 2 unspecified atom stereocenters. The third kappa shape index (κ3) is 4.86. The first-order valence-electron chi connectivity index (χ1n) is 8.39. The average Bonchev–Trinajstić information content (AvgIpc) is 3.07. The minimum Gasteiger partial charge on any atom is -0.387 e. The van der Waals surface area contributed by atoms with Crippen LogP contribution in [-0.4, -0.2) is 47.2 Å². The van der Waals surface area contributed by atoms with Crippen LogP contribution in [0.3, 0.4) is 0 Å². The van der Waals surface area contributed by atoms with E-state index in [0.717, 1.165) is 38.0 Å². The number of likely N-dealkylation sites (tertiary alicyclic amines) is 1. The molecule has 1 fully saturated rings. The Bertz CT molecular complexity index is 576. The molecule has 2 heterocycles. The molecular weight excluding hydrogens is 286 g/mol. The van der Waals surface area contributed by atoms with Gasteiger partial charge in [0, 0.05) is 38.1 Å². The first kappa shape index (κ1) is 16.1. The van der Waals surface area contributed by atoms with Crippen molar-refractivity contribution >= 4 is 0 Å². The normalized spacial score (nSPS) is 19.8. The average molecular weight is 311 g/mol. The zero-order chi connectivity index (χ0) is 15.9.